The zero-order valence-corrected chi connectivity index (χ0v) is 14.4. The van der Waals surface area contributed by atoms with Gasteiger partial charge in [0.25, 0.3) is 5.91 Å². The molecule has 0 aromatic heterocycles. The first-order chi connectivity index (χ1) is 10.7. The Morgan fingerprint density at radius 2 is 1.70 bits per heavy atom. The van der Waals surface area contributed by atoms with Gasteiger partial charge in [-0.2, -0.15) is 0 Å². The van der Waals surface area contributed by atoms with Gasteiger partial charge in [-0.05, 0) is 37.6 Å². The second-order valence-corrected chi connectivity index (χ2v) is 5.76. The zero-order valence-electron chi connectivity index (χ0n) is 13.6. The Hall–Kier alpha value is -1.59. The van der Waals surface area contributed by atoms with E-state index in [9.17, 15) is 9.59 Å². The van der Waals surface area contributed by atoms with E-state index in [1.54, 1.807) is 12.1 Å². The SMILES string of the molecule is CNCCNC(=O)c1ccc(CNC(=O)C2CCCC2)cc1.Cl. The Kier molecular flexibility index (Phi) is 8.66. The van der Waals surface area contributed by atoms with E-state index in [2.05, 4.69) is 16.0 Å². The molecule has 128 valence electrons. The van der Waals surface area contributed by atoms with Crippen LogP contribution < -0.4 is 16.0 Å². The highest BCUT2D eigenvalue weighted by Gasteiger charge is 2.22. The van der Waals surface area contributed by atoms with Crippen LogP contribution in [-0.2, 0) is 11.3 Å². The minimum Gasteiger partial charge on any atom is -0.352 e. The Morgan fingerprint density at radius 3 is 2.30 bits per heavy atom. The number of benzene rings is 1. The maximum atomic E-state index is 12.0. The van der Waals surface area contributed by atoms with Gasteiger partial charge < -0.3 is 16.0 Å². The summed E-state index contributed by atoms with van der Waals surface area (Å²) in [5, 5.41) is 8.80. The minimum atomic E-state index is -0.0724. The van der Waals surface area contributed by atoms with Gasteiger partial charge in [-0.25, -0.2) is 0 Å². The number of carbonyl (C=O) groups is 2. The third-order valence-electron chi connectivity index (χ3n) is 4.07. The molecule has 3 N–H and O–H groups in total. The highest BCUT2D eigenvalue weighted by molar-refractivity contribution is 5.94. The first kappa shape index (κ1) is 19.5. The third-order valence-corrected chi connectivity index (χ3v) is 4.07. The summed E-state index contributed by atoms with van der Waals surface area (Å²) in [5.41, 5.74) is 1.65. The Labute approximate surface area is 144 Å². The van der Waals surface area contributed by atoms with E-state index in [4.69, 9.17) is 0 Å². The van der Waals surface area contributed by atoms with Gasteiger partial charge in [-0.1, -0.05) is 25.0 Å². The average Bonchev–Trinajstić information content (AvgIpc) is 3.08. The van der Waals surface area contributed by atoms with Crippen LogP contribution in [0.15, 0.2) is 24.3 Å². The van der Waals surface area contributed by atoms with E-state index < -0.39 is 0 Å². The maximum Gasteiger partial charge on any atom is 0.251 e. The number of likely N-dealkylation sites (N-methyl/N-ethyl adjacent to an activating group) is 1. The van der Waals surface area contributed by atoms with Crippen LogP contribution >= 0.6 is 12.4 Å². The fourth-order valence-corrected chi connectivity index (χ4v) is 2.70. The Bertz CT molecular complexity index is 499. The smallest absolute Gasteiger partial charge is 0.251 e. The van der Waals surface area contributed by atoms with Crippen molar-refractivity contribution in [3.8, 4) is 0 Å². The van der Waals surface area contributed by atoms with Crippen molar-refractivity contribution in [2.75, 3.05) is 20.1 Å². The van der Waals surface area contributed by atoms with Gasteiger partial charge in [-0.15, -0.1) is 12.4 Å². The lowest BCUT2D eigenvalue weighted by molar-refractivity contribution is -0.124. The molecule has 1 aromatic carbocycles. The van der Waals surface area contributed by atoms with Crippen LogP contribution in [0.4, 0.5) is 0 Å². The van der Waals surface area contributed by atoms with Crippen LogP contribution in [0, 0.1) is 5.92 Å². The molecule has 0 aliphatic heterocycles. The maximum absolute atomic E-state index is 12.0. The number of amides is 2. The molecule has 2 rings (SSSR count). The summed E-state index contributed by atoms with van der Waals surface area (Å²) in [4.78, 5) is 23.8. The summed E-state index contributed by atoms with van der Waals surface area (Å²) < 4.78 is 0. The number of rotatable bonds is 7. The van der Waals surface area contributed by atoms with E-state index in [1.807, 2.05) is 19.2 Å². The van der Waals surface area contributed by atoms with Crippen LogP contribution in [0.25, 0.3) is 0 Å². The monoisotopic (exact) mass is 339 g/mol. The lowest BCUT2D eigenvalue weighted by Crippen LogP contribution is -2.30. The van der Waals surface area contributed by atoms with Gasteiger partial charge in [0.15, 0.2) is 0 Å². The standard InChI is InChI=1S/C17H25N3O2.ClH/c1-18-10-11-19-16(21)15-8-6-13(7-9-15)12-20-17(22)14-4-2-3-5-14;/h6-9,14,18H,2-5,10-12H2,1H3,(H,19,21)(H,20,22);1H. The molecule has 0 unspecified atom stereocenters. The highest BCUT2D eigenvalue weighted by atomic mass is 35.5. The molecule has 0 spiro atoms. The van der Waals surface area contributed by atoms with Gasteiger partial charge >= 0.3 is 0 Å². The van der Waals surface area contributed by atoms with Gasteiger partial charge in [0, 0.05) is 31.1 Å². The minimum absolute atomic E-state index is 0. The number of carbonyl (C=O) groups excluding carboxylic acids is 2. The molecule has 0 radical (unpaired) electrons. The van der Waals surface area contributed by atoms with Crippen molar-refractivity contribution < 1.29 is 9.59 Å². The molecular weight excluding hydrogens is 314 g/mol. The molecule has 0 atom stereocenters. The second-order valence-electron chi connectivity index (χ2n) is 5.76. The van der Waals surface area contributed by atoms with Crippen LogP contribution in [0.5, 0.6) is 0 Å². The van der Waals surface area contributed by atoms with Crippen molar-refractivity contribution >= 4 is 24.2 Å². The van der Waals surface area contributed by atoms with Crippen molar-refractivity contribution in [3.05, 3.63) is 35.4 Å². The highest BCUT2D eigenvalue weighted by Crippen LogP contribution is 2.24. The van der Waals surface area contributed by atoms with Gasteiger partial charge in [0.2, 0.25) is 5.91 Å². The van der Waals surface area contributed by atoms with E-state index in [-0.39, 0.29) is 30.1 Å². The fourth-order valence-electron chi connectivity index (χ4n) is 2.70. The van der Waals surface area contributed by atoms with Crippen molar-refractivity contribution in [2.45, 2.75) is 32.2 Å². The summed E-state index contributed by atoms with van der Waals surface area (Å²) in [6.07, 6.45) is 4.35. The van der Waals surface area contributed by atoms with Crippen LogP contribution in [0.1, 0.15) is 41.6 Å². The van der Waals surface area contributed by atoms with Crippen molar-refractivity contribution in [2.24, 2.45) is 5.92 Å². The Balaban J connectivity index is 0.00000264. The van der Waals surface area contributed by atoms with E-state index in [1.165, 1.54) is 0 Å². The molecule has 1 aliphatic rings. The first-order valence-electron chi connectivity index (χ1n) is 8.00. The topological polar surface area (TPSA) is 70.2 Å². The zero-order chi connectivity index (χ0) is 15.8. The number of halogens is 1. The van der Waals surface area contributed by atoms with Gasteiger partial charge in [0.1, 0.15) is 0 Å². The molecule has 23 heavy (non-hydrogen) atoms. The van der Waals surface area contributed by atoms with Crippen molar-refractivity contribution in [1.29, 1.82) is 0 Å². The summed E-state index contributed by atoms with van der Waals surface area (Å²) >= 11 is 0. The van der Waals surface area contributed by atoms with E-state index in [0.29, 0.717) is 18.7 Å². The number of nitrogens with one attached hydrogen (secondary N) is 3. The lowest BCUT2D eigenvalue weighted by atomic mass is 10.1. The van der Waals surface area contributed by atoms with E-state index in [0.717, 1.165) is 37.8 Å². The van der Waals surface area contributed by atoms with Crippen molar-refractivity contribution in [3.63, 3.8) is 0 Å². The molecule has 0 bridgehead atoms. The molecule has 1 fully saturated rings. The largest absolute Gasteiger partial charge is 0.352 e. The molecular formula is C17H26ClN3O2. The molecule has 0 heterocycles. The van der Waals surface area contributed by atoms with Crippen molar-refractivity contribution in [1.82, 2.24) is 16.0 Å². The molecule has 2 amide bonds. The van der Waals surface area contributed by atoms with Gasteiger partial charge in [-0.3, -0.25) is 9.59 Å². The normalized spacial score (nSPS) is 14.1. The molecule has 1 aromatic rings. The molecule has 5 nitrogen and oxygen atoms in total. The summed E-state index contributed by atoms with van der Waals surface area (Å²) in [5.74, 6) is 0.278. The Morgan fingerprint density at radius 1 is 1.04 bits per heavy atom. The average molecular weight is 340 g/mol. The predicted octanol–water partition coefficient (Wildman–Crippen LogP) is 1.86. The summed E-state index contributed by atoms with van der Waals surface area (Å²) in [7, 11) is 1.85. The van der Waals surface area contributed by atoms with Crippen LogP contribution in [-0.4, -0.2) is 32.0 Å². The second kappa shape index (κ2) is 10.2. The first-order valence-corrected chi connectivity index (χ1v) is 8.00. The molecule has 1 aliphatic carbocycles. The lowest BCUT2D eigenvalue weighted by Gasteiger charge is -2.10. The fraction of sp³-hybridized carbons (Fsp3) is 0.529. The van der Waals surface area contributed by atoms with Crippen LogP contribution in [0.3, 0.4) is 0 Å². The summed E-state index contributed by atoms with van der Waals surface area (Å²) in [6, 6.07) is 7.38. The quantitative estimate of drug-likeness (QED) is 0.664. The van der Waals surface area contributed by atoms with Crippen LogP contribution in [0.2, 0.25) is 0 Å². The third kappa shape index (κ3) is 6.20. The molecule has 1 saturated carbocycles. The number of hydrogen-bond donors (Lipinski definition) is 3. The van der Waals surface area contributed by atoms with E-state index >= 15 is 0 Å². The molecule has 6 heteroatoms. The van der Waals surface area contributed by atoms with Gasteiger partial charge in [0.05, 0.1) is 0 Å². The summed E-state index contributed by atoms with van der Waals surface area (Å²) in [6.45, 7) is 1.88. The predicted molar refractivity (Wildman–Crippen MR) is 93.8 cm³/mol. The molecule has 0 saturated heterocycles. The number of hydrogen-bond acceptors (Lipinski definition) is 3.